The molecular formula is C16H20N2O6. The summed E-state index contributed by atoms with van der Waals surface area (Å²) in [5, 5.41) is 2.44. The smallest absolute Gasteiger partial charge is 0.320 e. The number of hydrogen-bond donors (Lipinski definition) is 2. The van der Waals surface area contributed by atoms with E-state index in [4.69, 9.17) is 5.73 Å². The highest BCUT2D eigenvalue weighted by atomic mass is 16.5. The van der Waals surface area contributed by atoms with Crippen molar-refractivity contribution in [3.63, 3.8) is 0 Å². The lowest BCUT2D eigenvalue weighted by molar-refractivity contribution is -0.161. The predicted molar refractivity (Wildman–Crippen MR) is 83.6 cm³/mol. The molecule has 0 saturated heterocycles. The fourth-order valence-corrected chi connectivity index (χ4v) is 2.25. The Bertz CT molecular complexity index is 600. The highest BCUT2D eigenvalue weighted by Crippen LogP contribution is 2.20. The quantitative estimate of drug-likeness (QED) is 0.528. The van der Waals surface area contributed by atoms with Crippen LogP contribution in [0.5, 0.6) is 0 Å². The maximum Gasteiger partial charge on any atom is 0.320 e. The summed E-state index contributed by atoms with van der Waals surface area (Å²) < 4.78 is 9.14. The summed E-state index contributed by atoms with van der Waals surface area (Å²) in [4.78, 5) is 47.6. The molecule has 0 aliphatic rings. The molecule has 2 amide bonds. The van der Waals surface area contributed by atoms with Crippen LogP contribution >= 0.6 is 0 Å². The Morgan fingerprint density at radius 1 is 1.00 bits per heavy atom. The van der Waals surface area contributed by atoms with E-state index in [1.54, 1.807) is 30.3 Å². The molecule has 0 aliphatic heterocycles. The zero-order chi connectivity index (χ0) is 18.3. The van der Waals surface area contributed by atoms with E-state index < -0.39 is 41.6 Å². The Morgan fingerprint density at radius 2 is 1.50 bits per heavy atom. The normalized spacial score (nSPS) is 12.8. The molecule has 130 valence electrons. The molecule has 1 aromatic carbocycles. The monoisotopic (exact) mass is 336 g/mol. The summed E-state index contributed by atoms with van der Waals surface area (Å²) >= 11 is 0. The van der Waals surface area contributed by atoms with Crippen molar-refractivity contribution in [2.24, 2.45) is 17.6 Å². The van der Waals surface area contributed by atoms with E-state index in [1.165, 1.54) is 6.92 Å². The molecule has 0 radical (unpaired) electrons. The van der Waals surface area contributed by atoms with E-state index in [2.05, 4.69) is 14.8 Å². The average Bonchev–Trinajstić information content (AvgIpc) is 2.59. The van der Waals surface area contributed by atoms with Crippen LogP contribution in [-0.4, -0.2) is 44.0 Å². The van der Waals surface area contributed by atoms with Crippen LogP contribution in [0.1, 0.15) is 17.3 Å². The number of ether oxygens (including phenoxy) is 2. The number of methoxy groups -OCH3 is 2. The van der Waals surface area contributed by atoms with Crippen LogP contribution in [0.3, 0.4) is 0 Å². The van der Waals surface area contributed by atoms with Crippen LogP contribution in [0.15, 0.2) is 30.3 Å². The van der Waals surface area contributed by atoms with E-state index in [0.29, 0.717) is 5.56 Å². The van der Waals surface area contributed by atoms with Gasteiger partial charge in [0.15, 0.2) is 5.92 Å². The van der Waals surface area contributed by atoms with Gasteiger partial charge in [-0.2, -0.15) is 0 Å². The number of carbonyl (C=O) groups is 4. The van der Waals surface area contributed by atoms with E-state index in [0.717, 1.165) is 14.2 Å². The van der Waals surface area contributed by atoms with E-state index in [1.807, 2.05) is 0 Å². The Labute approximate surface area is 139 Å². The minimum Gasteiger partial charge on any atom is -0.468 e. The summed E-state index contributed by atoms with van der Waals surface area (Å²) in [6, 6.07) is 6.88. The SMILES string of the molecule is COC(=O)C(C(=O)OC)[C@@H](C)[C@H](NC(=O)c1ccccc1)C(N)=O. The summed E-state index contributed by atoms with van der Waals surface area (Å²) in [6.45, 7) is 1.43. The minimum atomic E-state index is -1.39. The Morgan fingerprint density at radius 3 is 1.92 bits per heavy atom. The lowest BCUT2D eigenvalue weighted by Crippen LogP contribution is -2.52. The molecule has 0 heterocycles. The van der Waals surface area contributed by atoms with Gasteiger partial charge >= 0.3 is 11.9 Å². The Kier molecular flexibility index (Phi) is 6.91. The summed E-state index contributed by atoms with van der Waals surface area (Å²) in [5.41, 5.74) is 5.64. The van der Waals surface area contributed by atoms with Crippen molar-refractivity contribution < 1.29 is 28.7 Å². The maximum absolute atomic E-state index is 12.2. The molecule has 24 heavy (non-hydrogen) atoms. The van der Waals surface area contributed by atoms with Gasteiger partial charge in [-0.1, -0.05) is 25.1 Å². The van der Waals surface area contributed by atoms with Gasteiger partial charge in [0.2, 0.25) is 5.91 Å². The number of amides is 2. The Balaban J connectivity index is 3.04. The van der Waals surface area contributed by atoms with Crippen molar-refractivity contribution >= 4 is 23.8 Å². The first kappa shape index (κ1) is 19.1. The van der Waals surface area contributed by atoms with Gasteiger partial charge in [-0.05, 0) is 12.1 Å². The number of nitrogens with one attached hydrogen (secondary N) is 1. The van der Waals surface area contributed by atoms with Crippen LogP contribution in [0, 0.1) is 11.8 Å². The van der Waals surface area contributed by atoms with Crippen molar-refractivity contribution in [1.82, 2.24) is 5.32 Å². The highest BCUT2D eigenvalue weighted by molar-refractivity contribution is 5.99. The van der Waals surface area contributed by atoms with Crippen molar-refractivity contribution in [2.45, 2.75) is 13.0 Å². The zero-order valence-corrected chi connectivity index (χ0v) is 13.6. The number of esters is 2. The summed E-state index contributed by atoms with van der Waals surface area (Å²) in [5.74, 6) is -5.56. The predicted octanol–water partition coefficient (Wildman–Crippen LogP) is -0.131. The fourth-order valence-electron chi connectivity index (χ4n) is 2.25. The molecule has 0 aromatic heterocycles. The standard InChI is InChI=1S/C16H20N2O6/c1-9(11(15(21)23-2)16(22)24-3)12(13(17)19)18-14(20)10-7-5-4-6-8-10/h4-9,11-12H,1-3H3,(H2,17,19)(H,18,20)/t9-,12+/m1/s1. The van der Waals surface area contributed by atoms with Crippen molar-refractivity contribution in [2.75, 3.05) is 14.2 Å². The average molecular weight is 336 g/mol. The maximum atomic E-state index is 12.2. The third-order valence-corrected chi connectivity index (χ3v) is 3.59. The van der Waals surface area contributed by atoms with Gasteiger partial charge in [0.1, 0.15) is 6.04 Å². The molecule has 0 aliphatic carbocycles. The topological polar surface area (TPSA) is 125 Å². The summed E-state index contributed by atoms with van der Waals surface area (Å²) in [6.07, 6.45) is 0. The van der Waals surface area contributed by atoms with Gasteiger partial charge in [0, 0.05) is 11.5 Å². The highest BCUT2D eigenvalue weighted by Gasteiger charge is 2.41. The first-order valence-corrected chi connectivity index (χ1v) is 7.14. The lowest BCUT2D eigenvalue weighted by atomic mass is 9.86. The lowest BCUT2D eigenvalue weighted by Gasteiger charge is -2.26. The number of benzene rings is 1. The van der Waals surface area contributed by atoms with Crippen LogP contribution in [0.2, 0.25) is 0 Å². The van der Waals surface area contributed by atoms with Crippen molar-refractivity contribution in [3.8, 4) is 0 Å². The van der Waals surface area contributed by atoms with E-state index in [-0.39, 0.29) is 0 Å². The number of nitrogens with two attached hydrogens (primary N) is 1. The van der Waals surface area contributed by atoms with Crippen LogP contribution in [0.4, 0.5) is 0 Å². The molecule has 0 saturated carbocycles. The van der Waals surface area contributed by atoms with Crippen LogP contribution < -0.4 is 11.1 Å². The van der Waals surface area contributed by atoms with Gasteiger partial charge in [-0.25, -0.2) is 0 Å². The molecule has 0 fully saturated rings. The second kappa shape index (κ2) is 8.66. The van der Waals surface area contributed by atoms with E-state index >= 15 is 0 Å². The molecule has 8 heteroatoms. The molecule has 0 bridgehead atoms. The van der Waals surface area contributed by atoms with Crippen molar-refractivity contribution in [3.05, 3.63) is 35.9 Å². The molecule has 2 atom stereocenters. The third-order valence-electron chi connectivity index (χ3n) is 3.59. The molecule has 1 aromatic rings. The molecule has 0 spiro atoms. The Hall–Kier alpha value is -2.90. The largest absolute Gasteiger partial charge is 0.468 e. The zero-order valence-electron chi connectivity index (χ0n) is 13.6. The third kappa shape index (κ3) is 4.55. The molecule has 0 unspecified atom stereocenters. The van der Waals surface area contributed by atoms with Gasteiger partial charge in [-0.3, -0.25) is 19.2 Å². The van der Waals surface area contributed by atoms with Gasteiger partial charge in [-0.15, -0.1) is 0 Å². The number of primary amides is 1. The first-order chi connectivity index (χ1) is 11.3. The number of carbonyl (C=O) groups excluding carboxylic acids is 4. The first-order valence-electron chi connectivity index (χ1n) is 7.14. The molecule has 3 N–H and O–H groups in total. The minimum absolute atomic E-state index is 0.309. The van der Waals surface area contributed by atoms with E-state index in [9.17, 15) is 19.2 Å². The van der Waals surface area contributed by atoms with Crippen LogP contribution in [0.25, 0.3) is 0 Å². The molecular weight excluding hydrogens is 316 g/mol. The van der Waals surface area contributed by atoms with Crippen molar-refractivity contribution in [1.29, 1.82) is 0 Å². The van der Waals surface area contributed by atoms with Gasteiger partial charge in [0.25, 0.3) is 5.91 Å². The second-order valence-electron chi connectivity index (χ2n) is 5.10. The molecule has 1 rings (SSSR count). The summed E-state index contributed by atoms with van der Waals surface area (Å²) in [7, 11) is 2.21. The van der Waals surface area contributed by atoms with Crippen LogP contribution in [-0.2, 0) is 23.9 Å². The number of rotatable bonds is 7. The number of hydrogen-bond acceptors (Lipinski definition) is 6. The fraction of sp³-hybridized carbons (Fsp3) is 0.375. The van der Waals surface area contributed by atoms with Gasteiger partial charge in [0.05, 0.1) is 14.2 Å². The molecule has 8 nitrogen and oxygen atoms in total. The van der Waals surface area contributed by atoms with Gasteiger partial charge < -0.3 is 20.5 Å². The second-order valence-corrected chi connectivity index (χ2v) is 5.10.